The molecule has 0 spiro atoms. The number of hydrogen-bond acceptors (Lipinski definition) is 6. The van der Waals surface area contributed by atoms with Crippen molar-refractivity contribution in [2.75, 3.05) is 7.11 Å². The summed E-state index contributed by atoms with van der Waals surface area (Å²) in [5, 5.41) is 8.14. The molecule has 2 heterocycles. The Kier molecular flexibility index (Phi) is 5.94. The van der Waals surface area contributed by atoms with Gasteiger partial charge in [-0.25, -0.2) is 14.5 Å². The minimum absolute atomic E-state index is 0.185. The molecule has 0 bridgehead atoms. The van der Waals surface area contributed by atoms with Crippen molar-refractivity contribution >= 4 is 22.9 Å². The molecule has 35 heavy (non-hydrogen) atoms. The number of esters is 1. The van der Waals surface area contributed by atoms with Crippen LogP contribution in [0.4, 0.5) is 0 Å². The molecule has 1 aliphatic rings. The number of para-hydroxylation sites is 1. The van der Waals surface area contributed by atoms with E-state index in [1.807, 2.05) is 61.5 Å². The van der Waals surface area contributed by atoms with Crippen molar-refractivity contribution in [3.05, 3.63) is 71.9 Å². The van der Waals surface area contributed by atoms with E-state index >= 15 is 0 Å². The lowest BCUT2D eigenvalue weighted by molar-refractivity contribution is -0.129. The van der Waals surface area contributed by atoms with Crippen molar-refractivity contribution in [2.45, 2.75) is 38.8 Å². The maximum Gasteiger partial charge on any atom is 0.339 e. The van der Waals surface area contributed by atoms with Gasteiger partial charge in [-0.1, -0.05) is 18.2 Å². The van der Waals surface area contributed by atoms with Gasteiger partial charge in [0.25, 0.3) is 5.91 Å². The summed E-state index contributed by atoms with van der Waals surface area (Å²) in [6.45, 7) is 3.41. The number of amides is 1. The highest BCUT2D eigenvalue weighted by atomic mass is 16.5. The van der Waals surface area contributed by atoms with Gasteiger partial charge in [-0.05, 0) is 69.2 Å². The quantitative estimate of drug-likeness (QED) is 0.406. The molecule has 1 atom stereocenters. The fourth-order valence-electron chi connectivity index (χ4n) is 3.93. The fraction of sp³-hybridized carbons (Fsp3) is 0.259. The molecule has 5 rings (SSSR count). The largest absolute Gasteiger partial charge is 0.497 e. The van der Waals surface area contributed by atoms with Crippen LogP contribution >= 0.6 is 0 Å². The number of benzene rings is 2. The molecule has 0 radical (unpaired) electrons. The van der Waals surface area contributed by atoms with Gasteiger partial charge in [0, 0.05) is 11.6 Å². The Balaban J connectivity index is 1.61. The number of aromatic nitrogens is 3. The molecule has 0 aliphatic heterocycles. The van der Waals surface area contributed by atoms with E-state index in [0.29, 0.717) is 28.0 Å². The molecule has 1 amide bonds. The van der Waals surface area contributed by atoms with Crippen molar-refractivity contribution in [1.82, 2.24) is 20.1 Å². The van der Waals surface area contributed by atoms with Gasteiger partial charge in [0.1, 0.15) is 5.75 Å². The zero-order chi connectivity index (χ0) is 24.5. The molecule has 1 fully saturated rings. The zero-order valence-corrected chi connectivity index (χ0v) is 19.8. The number of rotatable bonds is 7. The number of carbonyl (C=O) groups is 2. The molecule has 178 valence electrons. The van der Waals surface area contributed by atoms with Crippen LogP contribution in [0.25, 0.3) is 28.0 Å². The molecule has 4 aromatic rings. The number of fused-ring (bicyclic) bond motifs is 1. The monoisotopic (exact) mass is 470 g/mol. The van der Waals surface area contributed by atoms with E-state index in [4.69, 9.17) is 14.5 Å². The maximum absolute atomic E-state index is 13.4. The summed E-state index contributed by atoms with van der Waals surface area (Å²) >= 11 is 0. The number of nitrogens with zero attached hydrogens (tertiary/aromatic N) is 3. The second kappa shape index (κ2) is 9.21. The lowest BCUT2D eigenvalue weighted by atomic mass is 10.1. The van der Waals surface area contributed by atoms with Crippen LogP contribution in [0.2, 0.25) is 0 Å². The Morgan fingerprint density at radius 1 is 1.09 bits per heavy atom. The smallest absolute Gasteiger partial charge is 0.339 e. The minimum Gasteiger partial charge on any atom is -0.497 e. The van der Waals surface area contributed by atoms with Gasteiger partial charge in [0.2, 0.25) is 0 Å². The third-order valence-corrected chi connectivity index (χ3v) is 6.00. The third kappa shape index (κ3) is 4.59. The number of methoxy groups -OCH3 is 1. The van der Waals surface area contributed by atoms with Gasteiger partial charge in [0.15, 0.2) is 11.8 Å². The number of aryl methyl sites for hydroxylation is 1. The Morgan fingerprint density at radius 3 is 2.46 bits per heavy atom. The minimum atomic E-state index is -0.916. The van der Waals surface area contributed by atoms with Crippen LogP contribution in [0.3, 0.4) is 0 Å². The molecule has 2 aromatic carbocycles. The first-order chi connectivity index (χ1) is 16.9. The molecule has 8 heteroatoms. The van der Waals surface area contributed by atoms with Gasteiger partial charge in [0.05, 0.1) is 35.1 Å². The van der Waals surface area contributed by atoms with E-state index in [1.54, 1.807) is 24.8 Å². The fourth-order valence-corrected chi connectivity index (χ4v) is 3.93. The third-order valence-electron chi connectivity index (χ3n) is 6.00. The van der Waals surface area contributed by atoms with Crippen molar-refractivity contribution in [3.63, 3.8) is 0 Å². The number of hydrogen-bond donors (Lipinski definition) is 1. The van der Waals surface area contributed by atoms with Gasteiger partial charge < -0.3 is 14.8 Å². The van der Waals surface area contributed by atoms with Crippen LogP contribution < -0.4 is 10.1 Å². The Labute approximate surface area is 202 Å². The molecule has 8 nitrogen and oxygen atoms in total. The SMILES string of the molecule is COc1ccc(-c2cc(C(=O)OC(C)C(=O)NC3CC3)c3c(C)nn(-c4ccccc4)c3n2)cc1. The summed E-state index contributed by atoms with van der Waals surface area (Å²) < 4.78 is 12.6. The zero-order valence-electron chi connectivity index (χ0n) is 19.8. The average Bonchev–Trinajstić information content (AvgIpc) is 3.64. The topological polar surface area (TPSA) is 95.3 Å². The predicted molar refractivity (Wildman–Crippen MR) is 132 cm³/mol. The molecule has 0 saturated heterocycles. The molecule has 1 saturated carbocycles. The Morgan fingerprint density at radius 2 is 1.80 bits per heavy atom. The molecule has 1 unspecified atom stereocenters. The maximum atomic E-state index is 13.4. The van der Waals surface area contributed by atoms with Gasteiger partial charge in [-0.3, -0.25) is 4.79 Å². The molecular weight excluding hydrogens is 444 g/mol. The van der Waals surface area contributed by atoms with Gasteiger partial charge in [-0.2, -0.15) is 5.10 Å². The van der Waals surface area contributed by atoms with Gasteiger partial charge >= 0.3 is 5.97 Å². The molecule has 2 aromatic heterocycles. The van der Waals surface area contributed by atoms with Crippen molar-refractivity contribution in [1.29, 1.82) is 0 Å². The first kappa shape index (κ1) is 22.6. The van der Waals surface area contributed by atoms with Crippen molar-refractivity contribution in [2.24, 2.45) is 0 Å². The second-order valence-electron chi connectivity index (χ2n) is 8.65. The summed E-state index contributed by atoms with van der Waals surface area (Å²) in [4.78, 5) is 30.6. The second-order valence-corrected chi connectivity index (χ2v) is 8.65. The molecule has 1 aliphatic carbocycles. The Hall–Kier alpha value is -4.20. The summed E-state index contributed by atoms with van der Waals surface area (Å²) in [5.74, 6) is -0.172. The highest BCUT2D eigenvalue weighted by molar-refractivity contribution is 6.06. The lowest BCUT2D eigenvalue weighted by Gasteiger charge is -2.14. The highest BCUT2D eigenvalue weighted by Crippen LogP contribution is 2.30. The van der Waals surface area contributed by atoms with Gasteiger partial charge in [-0.15, -0.1) is 0 Å². The van der Waals surface area contributed by atoms with Crippen LogP contribution in [0.5, 0.6) is 5.75 Å². The van der Waals surface area contributed by atoms with Crippen LogP contribution in [-0.2, 0) is 9.53 Å². The van der Waals surface area contributed by atoms with E-state index < -0.39 is 12.1 Å². The summed E-state index contributed by atoms with van der Waals surface area (Å²) in [6.07, 6.45) is 1.00. The van der Waals surface area contributed by atoms with Crippen LogP contribution in [-0.4, -0.2) is 45.9 Å². The number of nitrogens with one attached hydrogen (secondary N) is 1. The average molecular weight is 471 g/mol. The highest BCUT2D eigenvalue weighted by Gasteiger charge is 2.29. The predicted octanol–water partition coefficient (Wildman–Crippen LogP) is 4.23. The van der Waals surface area contributed by atoms with E-state index in [0.717, 1.165) is 29.8 Å². The molecule has 1 N–H and O–H groups in total. The summed E-state index contributed by atoms with van der Waals surface area (Å²) in [5.41, 5.74) is 3.69. The van der Waals surface area contributed by atoms with E-state index in [-0.39, 0.29) is 11.9 Å². The normalized spacial score (nSPS) is 13.9. The first-order valence-electron chi connectivity index (χ1n) is 11.6. The number of ether oxygens (including phenoxy) is 2. The first-order valence-corrected chi connectivity index (χ1v) is 11.6. The van der Waals surface area contributed by atoms with Crippen molar-refractivity contribution < 1.29 is 19.1 Å². The summed E-state index contributed by atoms with van der Waals surface area (Å²) in [6, 6.07) is 18.9. The van der Waals surface area contributed by atoms with Crippen LogP contribution in [0.15, 0.2) is 60.7 Å². The van der Waals surface area contributed by atoms with Crippen molar-refractivity contribution in [3.8, 4) is 22.7 Å². The van der Waals surface area contributed by atoms with Crippen LogP contribution in [0.1, 0.15) is 35.8 Å². The Bertz CT molecular complexity index is 1390. The lowest BCUT2D eigenvalue weighted by Crippen LogP contribution is -2.37. The van der Waals surface area contributed by atoms with E-state index in [1.165, 1.54) is 0 Å². The van der Waals surface area contributed by atoms with E-state index in [2.05, 4.69) is 10.4 Å². The standard InChI is InChI=1S/C27H26N4O4/c1-16-24-22(27(33)35-17(2)26(32)28-19-11-12-19)15-23(18-9-13-21(34-3)14-10-18)29-25(24)31(30-16)20-7-5-4-6-8-20/h4-10,13-15,17,19H,11-12H2,1-3H3,(H,28,32). The molecular formula is C27H26N4O4. The van der Waals surface area contributed by atoms with E-state index in [9.17, 15) is 9.59 Å². The summed E-state index contributed by atoms with van der Waals surface area (Å²) in [7, 11) is 1.61. The number of carbonyl (C=O) groups excluding carboxylic acids is 2. The van der Waals surface area contributed by atoms with Crippen LogP contribution in [0, 0.1) is 6.92 Å². The number of pyridine rings is 1.